The maximum atomic E-state index is 11.7. The largest absolute Gasteiger partial charge is 0.494 e. The molecule has 0 amide bonds. The van der Waals surface area contributed by atoms with E-state index in [-0.39, 0.29) is 12.4 Å². The molecular weight excluding hydrogens is 304 g/mol. The molecule has 1 saturated carbocycles. The number of ether oxygens (including phenoxy) is 2. The van der Waals surface area contributed by atoms with E-state index < -0.39 is 5.97 Å². The highest BCUT2D eigenvalue weighted by atomic mass is 16.6. The number of para-hydroxylation sites is 1. The van der Waals surface area contributed by atoms with Gasteiger partial charge in [-0.15, -0.1) is 0 Å². The van der Waals surface area contributed by atoms with Crippen molar-refractivity contribution < 1.29 is 19.1 Å². The van der Waals surface area contributed by atoms with Crippen LogP contribution in [-0.2, 0) is 14.3 Å². The minimum Gasteiger partial charge on any atom is -0.494 e. The molecule has 1 aliphatic rings. The molecule has 0 radical (unpaired) electrons. The van der Waals surface area contributed by atoms with Crippen LogP contribution in [0.15, 0.2) is 30.3 Å². The van der Waals surface area contributed by atoms with Crippen molar-refractivity contribution in [2.45, 2.75) is 64.2 Å². The topological polar surface area (TPSA) is 52.6 Å². The van der Waals surface area contributed by atoms with Crippen molar-refractivity contribution in [3.63, 3.8) is 0 Å². The molecule has 4 heteroatoms. The lowest BCUT2D eigenvalue weighted by molar-refractivity contribution is -0.159. The van der Waals surface area contributed by atoms with Crippen LogP contribution in [0.2, 0.25) is 0 Å². The number of esters is 2. The minimum atomic E-state index is -0.450. The molecule has 1 aromatic rings. The second-order valence-corrected chi connectivity index (χ2v) is 6.51. The number of hydrogen-bond acceptors (Lipinski definition) is 4. The van der Waals surface area contributed by atoms with Crippen LogP contribution >= 0.6 is 0 Å². The van der Waals surface area contributed by atoms with Gasteiger partial charge in [-0.25, -0.2) is 0 Å². The number of carbonyl (C=O) groups is 2. The number of carbonyl (C=O) groups excluding carboxylic acids is 2. The second-order valence-electron chi connectivity index (χ2n) is 6.51. The maximum Gasteiger partial charge on any atom is 0.313 e. The van der Waals surface area contributed by atoms with Crippen molar-refractivity contribution in [2.24, 2.45) is 5.92 Å². The van der Waals surface area contributed by atoms with E-state index in [0.29, 0.717) is 19.4 Å². The zero-order valence-corrected chi connectivity index (χ0v) is 14.4. The summed E-state index contributed by atoms with van der Waals surface area (Å²) in [5.74, 6) is 0.705. The van der Waals surface area contributed by atoms with Gasteiger partial charge in [0.2, 0.25) is 0 Å². The fraction of sp³-hybridized carbons (Fsp3) is 0.600. The normalized spacial score (nSPS) is 15.0. The van der Waals surface area contributed by atoms with Crippen LogP contribution in [-0.4, -0.2) is 18.5 Å². The minimum absolute atomic E-state index is 0.210. The van der Waals surface area contributed by atoms with Gasteiger partial charge >= 0.3 is 11.9 Å². The Kier molecular flexibility index (Phi) is 8.36. The predicted molar refractivity (Wildman–Crippen MR) is 92.7 cm³/mol. The van der Waals surface area contributed by atoms with E-state index in [0.717, 1.165) is 24.5 Å². The third-order valence-electron chi connectivity index (χ3n) is 4.48. The second kappa shape index (κ2) is 10.8. The summed E-state index contributed by atoms with van der Waals surface area (Å²) < 4.78 is 10.4. The monoisotopic (exact) mass is 332 g/mol. The molecule has 0 unspecified atom stereocenters. The van der Waals surface area contributed by atoms with Gasteiger partial charge in [0, 0.05) is 12.8 Å². The van der Waals surface area contributed by atoms with E-state index in [1.165, 1.54) is 32.1 Å². The molecule has 1 aliphatic carbocycles. The lowest BCUT2D eigenvalue weighted by Crippen LogP contribution is -2.14. The molecule has 0 aliphatic heterocycles. The van der Waals surface area contributed by atoms with Crippen molar-refractivity contribution in [1.82, 2.24) is 0 Å². The Labute approximate surface area is 144 Å². The molecule has 2 rings (SSSR count). The quantitative estimate of drug-likeness (QED) is 0.375. The Morgan fingerprint density at radius 2 is 1.58 bits per heavy atom. The summed E-state index contributed by atoms with van der Waals surface area (Å²) in [4.78, 5) is 23.3. The van der Waals surface area contributed by atoms with Gasteiger partial charge in [-0.1, -0.05) is 50.3 Å². The Hall–Kier alpha value is -1.84. The first-order valence-corrected chi connectivity index (χ1v) is 9.15. The maximum absolute atomic E-state index is 11.7. The van der Waals surface area contributed by atoms with Crippen LogP contribution in [0.5, 0.6) is 5.75 Å². The molecule has 1 fully saturated rings. The third-order valence-corrected chi connectivity index (χ3v) is 4.48. The zero-order valence-electron chi connectivity index (χ0n) is 14.4. The first kappa shape index (κ1) is 18.5. The lowest BCUT2D eigenvalue weighted by Gasteiger charge is -2.20. The van der Waals surface area contributed by atoms with E-state index in [9.17, 15) is 9.59 Å². The van der Waals surface area contributed by atoms with E-state index in [1.54, 1.807) is 0 Å². The molecule has 0 bridgehead atoms. The fourth-order valence-electron chi connectivity index (χ4n) is 3.16. The standard InChI is InChI=1S/C20H28O4/c21-19(14-7-11-17-9-3-1-4-10-17)24-20(22)15-8-16-23-18-12-5-2-6-13-18/h2,5-6,12-13,17H,1,3-4,7-11,14-16H2. The average molecular weight is 332 g/mol. The van der Waals surface area contributed by atoms with E-state index in [2.05, 4.69) is 0 Å². The molecule has 0 heterocycles. The third kappa shape index (κ3) is 7.62. The van der Waals surface area contributed by atoms with Gasteiger partial charge in [0.15, 0.2) is 0 Å². The van der Waals surface area contributed by atoms with Gasteiger partial charge in [0.05, 0.1) is 6.61 Å². The summed E-state index contributed by atoms with van der Waals surface area (Å²) in [6, 6.07) is 9.46. The molecular formula is C20H28O4. The van der Waals surface area contributed by atoms with Crippen molar-refractivity contribution >= 4 is 11.9 Å². The van der Waals surface area contributed by atoms with Crippen molar-refractivity contribution in [3.05, 3.63) is 30.3 Å². The lowest BCUT2D eigenvalue weighted by atomic mass is 9.86. The summed E-state index contributed by atoms with van der Waals surface area (Å²) in [7, 11) is 0. The molecule has 0 aromatic heterocycles. The van der Waals surface area contributed by atoms with Crippen molar-refractivity contribution in [3.8, 4) is 5.75 Å². The van der Waals surface area contributed by atoms with Crippen LogP contribution in [0.1, 0.15) is 64.2 Å². The van der Waals surface area contributed by atoms with Gasteiger partial charge in [0.1, 0.15) is 5.75 Å². The fourth-order valence-corrected chi connectivity index (χ4v) is 3.16. The molecule has 0 saturated heterocycles. The smallest absolute Gasteiger partial charge is 0.313 e. The summed E-state index contributed by atoms with van der Waals surface area (Å²) in [6.07, 6.45) is 9.57. The summed E-state index contributed by atoms with van der Waals surface area (Å²) in [5.41, 5.74) is 0. The van der Waals surface area contributed by atoms with E-state index in [4.69, 9.17) is 9.47 Å². The van der Waals surface area contributed by atoms with Crippen molar-refractivity contribution in [2.75, 3.05) is 6.61 Å². The summed E-state index contributed by atoms with van der Waals surface area (Å²) in [6.45, 7) is 0.439. The van der Waals surface area contributed by atoms with Crippen LogP contribution in [0, 0.1) is 5.92 Å². The van der Waals surface area contributed by atoms with Crippen LogP contribution in [0.3, 0.4) is 0 Å². The van der Waals surface area contributed by atoms with Gasteiger partial charge < -0.3 is 9.47 Å². The van der Waals surface area contributed by atoms with Gasteiger partial charge in [-0.05, 0) is 37.3 Å². The SMILES string of the molecule is O=C(CCCOc1ccccc1)OC(=O)CCCC1CCCCC1. The highest BCUT2D eigenvalue weighted by Crippen LogP contribution is 2.27. The molecule has 0 N–H and O–H groups in total. The van der Waals surface area contributed by atoms with E-state index in [1.807, 2.05) is 30.3 Å². The predicted octanol–water partition coefficient (Wildman–Crippen LogP) is 4.67. The highest BCUT2D eigenvalue weighted by molar-refractivity contribution is 5.85. The molecule has 132 valence electrons. The van der Waals surface area contributed by atoms with Crippen LogP contribution in [0.4, 0.5) is 0 Å². The van der Waals surface area contributed by atoms with Crippen LogP contribution < -0.4 is 4.74 Å². The first-order chi connectivity index (χ1) is 11.7. The summed E-state index contributed by atoms with van der Waals surface area (Å²) in [5, 5.41) is 0. The molecule has 0 atom stereocenters. The zero-order chi connectivity index (χ0) is 17.0. The number of benzene rings is 1. The van der Waals surface area contributed by atoms with E-state index >= 15 is 0 Å². The first-order valence-electron chi connectivity index (χ1n) is 9.15. The Balaban J connectivity index is 1.49. The Morgan fingerprint density at radius 1 is 0.917 bits per heavy atom. The molecule has 24 heavy (non-hydrogen) atoms. The molecule has 0 spiro atoms. The highest BCUT2D eigenvalue weighted by Gasteiger charge is 2.15. The van der Waals surface area contributed by atoms with Gasteiger partial charge in [-0.2, -0.15) is 0 Å². The Morgan fingerprint density at radius 3 is 2.29 bits per heavy atom. The average Bonchev–Trinajstić information content (AvgIpc) is 2.60. The van der Waals surface area contributed by atoms with Crippen molar-refractivity contribution in [1.29, 1.82) is 0 Å². The molecule has 4 nitrogen and oxygen atoms in total. The van der Waals surface area contributed by atoms with Crippen LogP contribution in [0.25, 0.3) is 0 Å². The Bertz CT molecular complexity index is 492. The van der Waals surface area contributed by atoms with Gasteiger partial charge in [-0.3, -0.25) is 9.59 Å². The number of rotatable bonds is 9. The molecule has 1 aromatic carbocycles. The number of hydrogen-bond donors (Lipinski definition) is 0. The summed E-state index contributed by atoms with van der Waals surface area (Å²) >= 11 is 0. The van der Waals surface area contributed by atoms with Gasteiger partial charge in [0.25, 0.3) is 0 Å².